The molecule has 0 fully saturated rings. The first-order valence-corrected chi connectivity index (χ1v) is 8.49. The van der Waals surface area contributed by atoms with Gasteiger partial charge in [-0.25, -0.2) is 0 Å². The fourth-order valence-electron chi connectivity index (χ4n) is 2.55. The van der Waals surface area contributed by atoms with Crippen LogP contribution in [0.2, 0.25) is 0 Å². The van der Waals surface area contributed by atoms with Gasteiger partial charge in [-0.15, -0.1) is 0 Å². The first-order chi connectivity index (χ1) is 11.6. The zero-order valence-electron chi connectivity index (χ0n) is 13.2. The van der Waals surface area contributed by atoms with E-state index in [0.29, 0.717) is 10.6 Å². The van der Waals surface area contributed by atoms with Gasteiger partial charge in [-0.3, -0.25) is 4.79 Å². The summed E-state index contributed by atoms with van der Waals surface area (Å²) < 4.78 is 0. The molecule has 1 aliphatic rings. The highest BCUT2D eigenvalue weighted by atomic mass is 32.2. The Hall–Kier alpha value is -2.53. The van der Waals surface area contributed by atoms with Crippen LogP contribution in [-0.2, 0) is 16.0 Å². The Kier molecular flexibility index (Phi) is 4.71. The number of thioether (sulfide) groups is 1. The van der Waals surface area contributed by atoms with Crippen molar-refractivity contribution in [3.05, 3.63) is 64.6 Å². The van der Waals surface area contributed by atoms with E-state index in [-0.39, 0.29) is 5.91 Å². The number of hydrogen-bond acceptors (Lipinski definition) is 4. The molecule has 4 nitrogen and oxygen atoms in total. The summed E-state index contributed by atoms with van der Waals surface area (Å²) in [7, 11) is 0. The van der Waals surface area contributed by atoms with Gasteiger partial charge < -0.3 is 14.8 Å². The van der Waals surface area contributed by atoms with Crippen LogP contribution in [0.25, 0.3) is 6.08 Å². The quantitative estimate of drug-likeness (QED) is 0.804. The molecule has 122 valence electrons. The Morgan fingerprint density at radius 1 is 1.17 bits per heavy atom. The van der Waals surface area contributed by atoms with Crippen LogP contribution in [-0.4, -0.2) is 18.4 Å². The van der Waals surface area contributed by atoms with E-state index in [1.165, 1.54) is 22.2 Å². The number of aliphatic carboxylic acids is 1. The number of carbonyl (C=O) groups excluding carboxylic acids is 2. The second kappa shape index (κ2) is 6.93. The van der Waals surface area contributed by atoms with Crippen LogP contribution in [0.4, 0.5) is 5.69 Å². The molecule has 1 heterocycles. The molecular formula is C19H16NO3S-. The summed E-state index contributed by atoms with van der Waals surface area (Å²) in [5.41, 5.74) is 2.75. The fraction of sp³-hybridized carbons (Fsp3) is 0.158. The van der Waals surface area contributed by atoms with Crippen LogP contribution in [0.15, 0.2) is 58.3 Å². The number of benzene rings is 2. The predicted molar refractivity (Wildman–Crippen MR) is 93.5 cm³/mol. The van der Waals surface area contributed by atoms with Crippen molar-refractivity contribution in [3.8, 4) is 0 Å². The molecule has 0 aromatic heterocycles. The average molecular weight is 338 g/mol. The number of fused-ring (bicyclic) bond motifs is 1. The van der Waals surface area contributed by atoms with Crippen LogP contribution < -0.4 is 10.0 Å². The molecule has 0 aliphatic carbocycles. The Bertz CT molecular complexity index is 812. The van der Waals surface area contributed by atoms with Crippen LogP contribution >= 0.6 is 11.8 Å². The number of amides is 1. The third-order valence-corrected chi connectivity index (χ3v) is 4.88. The molecule has 2 aromatic carbocycles. The monoisotopic (exact) mass is 338 g/mol. The minimum Gasteiger partial charge on any atom is -0.548 e. The lowest BCUT2D eigenvalue weighted by Crippen LogP contribution is -2.43. The van der Waals surface area contributed by atoms with E-state index in [1.807, 2.05) is 36.4 Å². The highest BCUT2D eigenvalue weighted by Gasteiger charge is 2.28. The first kappa shape index (κ1) is 16.3. The van der Waals surface area contributed by atoms with Crippen LogP contribution in [0.1, 0.15) is 18.1 Å². The largest absolute Gasteiger partial charge is 0.548 e. The van der Waals surface area contributed by atoms with Gasteiger partial charge in [0.15, 0.2) is 0 Å². The number of carboxylic acids is 1. The molecule has 0 radical (unpaired) electrons. The zero-order valence-corrected chi connectivity index (χ0v) is 14.0. The average Bonchev–Trinajstić information content (AvgIpc) is 2.59. The molecule has 0 bridgehead atoms. The predicted octanol–water partition coefficient (Wildman–Crippen LogP) is 2.48. The van der Waals surface area contributed by atoms with Crippen molar-refractivity contribution < 1.29 is 14.7 Å². The first-order valence-electron chi connectivity index (χ1n) is 7.67. The standard InChI is InChI=1S/C19H17NO3S/c1-2-13-7-9-14(10-8-13)11-17-19(23)20(12-18(21)22)15-5-3-4-6-16(15)24-17/h3-11H,2,12H2,1H3,(H,21,22)/p-1. The molecule has 24 heavy (non-hydrogen) atoms. The van der Waals surface area contributed by atoms with E-state index >= 15 is 0 Å². The number of nitrogens with zero attached hydrogens (tertiary/aromatic N) is 1. The van der Waals surface area contributed by atoms with E-state index in [4.69, 9.17) is 0 Å². The van der Waals surface area contributed by atoms with Crippen LogP contribution in [0.3, 0.4) is 0 Å². The SMILES string of the molecule is CCc1ccc(C=C2Sc3ccccc3N(CC(=O)[O-])C2=O)cc1. The van der Waals surface area contributed by atoms with Crippen molar-refractivity contribution in [2.45, 2.75) is 18.2 Å². The number of carboxylic acid groups (broad SMARTS) is 1. The molecule has 2 aromatic rings. The van der Waals surface area contributed by atoms with E-state index in [9.17, 15) is 14.7 Å². The van der Waals surface area contributed by atoms with Crippen molar-refractivity contribution >= 4 is 35.4 Å². The van der Waals surface area contributed by atoms with Gasteiger partial charge in [0.25, 0.3) is 5.91 Å². The molecule has 0 spiro atoms. The number of anilines is 1. The number of para-hydroxylation sites is 1. The zero-order chi connectivity index (χ0) is 17.1. The van der Waals surface area contributed by atoms with E-state index < -0.39 is 12.5 Å². The maximum absolute atomic E-state index is 12.7. The summed E-state index contributed by atoms with van der Waals surface area (Å²) in [6, 6.07) is 15.2. The summed E-state index contributed by atoms with van der Waals surface area (Å²) in [4.78, 5) is 26.3. The van der Waals surface area contributed by atoms with Gasteiger partial charge >= 0.3 is 0 Å². The van der Waals surface area contributed by atoms with Gasteiger partial charge in [-0.1, -0.05) is 55.1 Å². The van der Waals surface area contributed by atoms with Crippen molar-refractivity contribution in [1.82, 2.24) is 0 Å². The van der Waals surface area contributed by atoms with Gasteiger partial charge in [-0.05, 0) is 35.8 Å². The van der Waals surface area contributed by atoms with Gasteiger partial charge in [0.1, 0.15) is 0 Å². The van der Waals surface area contributed by atoms with E-state index in [1.54, 1.807) is 18.2 Å². The minimum absolute atomic E-state index is 0.317. The smallest absolute Gasteiger partial charge is 0.265 e. The highest BCUT2D eigenvalue weighted by molar-refractivity contribution is 8.04. The topological polar surface area (TPSA) is 60.4 Å². The fourth-order valence-corrected chi connectivity index (χ4v) is 3.61. The molecule has 0 saturated heterocycles. The second-order valence-electron chi connectivity index (χ2n) is 5.44. The molecule has 1 aliphatic heterocycles. The van der Waals surface area contributed by atoms with Crippen LogP contribution in [0, 0.1) is 0 Å². The Balaban J connectivity index is 1.98. The third kappa shape index (κ3) is 3.36. The Labute approximate surface area is 144 Å². The highest BCUT2D eigenvalue weighted by Crippen LogP contribution is 2.41. The lowest BCUT2D eigenvalue weighted by atomic mass is 10.1. The van der Waals surface area contributed by atoms with Gasteiger partial charge in [0, 0.05) is 4.90 Å². The Morgan fingerprint density at radius 2 is 1.88 bits per heavy atom. The number of aryl methyl sites for hydroxylation is 1. The maximum atomic E-state index is 12.7. The number of carbonyl (C=O) groups is 2. The van der Waals surface area contributed by atoms with E-state index in [0.717, 1.165) is 16.9 Å². The van der Waals surface area contributed by atoms with Crippen molar-refractivity contribution in [2.24, 2.45) is 0 Å². The molecule has 1 amide bonds. The van der Waals surface area contributed by atoms with Crippen molar-refractivity contribution in [1.29, 1.82) is 0 Å². The minimum atomic E-state index is -1.28. The summed E-state index contributed by atoms with van der Waals surface area (Å²) in [6.07, 6.45) is 2.75. The summed E-state index contributed by atoms with van der Waals surface area (Å²) in [5, 5.41) is 11.0. The lowest BCUT2D eigenvalue weighted by molar-refractivity contribution is -0.303. The summed E-state index contributed by atoms with van der Waals surface area (Å²) in [5.74, 6) is -1.60. The number of hydrogen-bond donors (Lipinski definition) is 0. The van der Waals surface area contributed by atoms with Gasteiger partial charge in [0.05, 0.1) is 23.1 Å². The van der Waals surface area contributed by atoms with Crippen molar-refractivity contribution in [2.75, 3.05) is 11.4 Å². The van der Waals surface area contributed by atoms with Crippen molar-refractivity contribution in [3.63, 3.8) is 0 Å². The molecular weight excluding hydrogens is 322 g/mol. The molecule has 0 N–H and O–H groups in total. The molecule has 3 rings (SSSR count). The van der Waals surface area contributed by atoms with Gasteiger partial charge in [0.2, 0.25) is 0 Å². The lowest BCUT2D eigenvalue weighted by Gasteiger charge is -2.30. The normalized spacial score (nSPS) is 15.5. The maximum Gasteiger partial charge on any atom is 0.265 e. The summed E-state index contributed by atoms with van der Waals surface area (Å²) >= 11 is 1.36. The molecule has 0 saturated carbocycles. The van der Waals surface area contributed by atoms with E-state index in [2.05, 4.69) is 6.92 Å². The summed E-state index contributed by atoms with van der Waals surface area (Å²) in [6.45, 7) is 1.63. The Morgan fingerprint density at radius 3 is 2.54 bits per heavy atom. The molecule has 0 atom stereocenters. The number of rotatable bonds is 4. The van der Waals surface area contributed by atoms with Crippen LogP contribution in [0.5, 0.6) is 0 Å². The second-order valence-corrected chi connectivity index (χ2v) is 6.52. The van der Waals surface area contributed by atoms with Gasteiger partial charge in [-0.2, -0.15) is 0 Å². The molecule has 5 heteroatoms. The molecule has 0 unspecified atom stereocenters. The third-order valence-electron chi connectivity index (χ3n) is 3.80.